The van der Waals surface area contributed by atoms with Crippen molar-refractivity contribution >= 4 is 0 Å². The highest BCUT2D eigenvalue weighted by molar-refractivity contribution is 5.35. The van der Waals surface area contributed by atoms with Gasteiger partial charge in [0.15, 0.2) is 5.82 Å². The van der Waals surface area contributed by atoms with Gasteiger partial charge >= 0.3 is 6.18 Å². The van der Waals surface area contributed by atoms with Crippen LogP contribution in [-0.2, 0) is 12.7 Å². The molecule has 0 spiro atoms. The molecule has 6 nitrogen and oxygen atoms in total. The Balaban J connectivity index is 2.22. The normalized spacial score (nSPS) is 13.6. The zero-order valence-electron chi connectivity index (χ0n) is 12.1. The van der Waals surface area contributed by atoms with E-state index in [1.54, 1.807) is 7.05 Å². The van der Waals surface area contributed by atoms with Crippen LogP contribution in [0, 0.1) is 0 Å². The van der Waals surface area contributed by atoms with E-state index in [9.17, 15) is 13.2 Å². The van der Waals surface area contributed by atoms with E-state index in [-0.39, 0.29) is 12.6 Å². The van der Waals surface area contributed by atoms with Crippen LogP contribution in [0.15, 0.2) is 24.3 Å². The van der Waals surface area contributed by atoms with Gasteiger partial charge in [0.1, 0.15) is 0 Å². The molecule has 0 aliphatic carbocycles. The third kappa shape index (κ3) is 3.60. The summed E-state index contributed by atoms with van der Waals surface area (Å²) in [6, 6.07) is 4.52. The fraction of sp³-hybridized carbons (Fsp3) is 0.462. The molecule has 0 aliphatic heterocycles. The molecule has 1 unspecified atom stereocenters. The maximum Gasteiger partial charge on any atom is 0.416 e. The fourth-order valence-electron chi connectivity index (χ4n) is 1.81. The number of aromatic nitrogens is 4. The topological polar surface area (TPSA) is 67.1 Å². The summed E-state index contributed by atoms with van der Waals surface area (Å²) in [5.41, 5.74) is -0.282. The number of nitrogens with zero attached hydrogens (tertiary/aromatic N) is 5. The summed E-state index contributed by atoms with van der Waals surface area (Å²) < 4.78 is 39.1. The van der Waals surface area contributed by atoms with E-state index in [0.29, 0.717) is 18.1 Å². The summed E-state index contributed by atoms with van der Waals surface area (Å²) in [4.78, 5) is 1.84. The van der Waals surface area contributed by atoms with Crippen molar-refractivity contribution in [1.29, 1.82) is 0 Å². The first-order valence-electron chi connectivity index (χ1n) is 6.59. The molecule has 0 saturated carbocycles. The van der Waals surface area contributed by atoms with Crippen LogP contribution in [-0.4, -0.2) is 49.9 Å². The fourth-order valence-corrected chi connectivity index (χ4v) is 1.81. The van der Waals surface area contributed by atoms with Gasteiger partial charge in [-0.2, -0.15) is 17.9 Å². The highest BCUT2D eigenvalue weighted by Gasteiger charge is 2.30. The standard InChI is InChI=1S/C13H16F3N5O/c1-9(8-22)20(2)7-12-17-18-19-21(12)11-5-3-10(4-6-11)13(14,15)16/h3-6,9,22H,7-8H2,1-2H3. The molecule has 22 heavy (non-hydrogen) atoms. The van der Waals surface area contributed by atoms with E-state index in [4.69, 9.17) is 5.11 Å². The monoisotopic (exact) mass is 315 g/mol. The molecule has 0 bridgehead atoms. The molecule has 120 valence electrons. The Labute approximate surface area is 125 Å². The van der Waals surface area contributed by atoms with Gasteiger partial charge < -0.3 is 5.11 Å². The third-order valence-corrected chi connectivity index (χ3v) is 3.38. The van der Waals surface area contributed by atoms with E-state index < -0.39 is 11.7 Å². The number of tetrazole rings is 1. The zero-order valence-corrected chi connectivity index (χ0v) is 12.1. The molecule has 0 saturated heterocycles. The number of likely N-dealkylation sites (N-methyl/N-ethyl adjacent to an activating group) is 1. The first kappa shape index (κ1) is 16.4. The average molecular weight is 315 g/mol. The molecular weight excluding hydrogens is 299 g/mol. The van der Waals surface area contributed by atoms with Crippen LogP contribution >= 0.6 is 0 Å². The molecule has 2 rings (SSSR count). The van der Waals surface area contributed by atoms with Gasteiger partial charge in [0.25, 0.3) is 0 Å². The quantitative estimate of drug-likeness (QED) is 0.905. The van der Waals surface area contributed by atoms with Crippen LogP contribution in [0.1, 0.15) is 18.3 Å². The summed E-state index contributed by atoms with van der Waals surface area (Å²) in [5, 5.41) is 20.4. The lowest BCUT2D eigenvalue weighted by Gasteiger charge is -2.21. The zero-order chi connectivity index (χ0) is 16.3. The molecular formula is C13H16F3N5O. The summed E-state index contributed by atoms with van der Waals surface area (Å²) in [7, 11) is 1.80. The maximum atomic E-state index is 12.6. The van der Waals surface area contributed by atoms with Crippen molar-refractivity contribution in [2.45, 2.75) is 25.7 Å². The van der Waals surface area contributed by atoms with Crippen molar-refractivity contribution in [2.24, 2.45) is 0 Å². The van der Waals surface area contributed by atoms with Crippen molar-refractivity contribution in [3.05, 3.63) is 35.7 Å². The van der Waals surface area contributed by atoms with Crippen molar-refractivity contribution in [2.75, 3.05) is 13.7 Å². The van der Waals surface area contributed by atoms with Crippen LogP contribution in [0.25, 0.3) is 5.69 Å². The van der Waals surface area contributed by atoms with Gasteiger partial charge in [-0.25, -0.2) is 0 Å². The van der Waals surface area contributed by atoms with E-state index in [0.717, 1.165) is 12.1 Å². The van der Waals surface area contributed by atoms with Crippen molar-refractivity contribution in [3.63, 3.8) is 0 Å². The van der Waals surface area contributed by atoms with Gasteiger partial charge in [-0.3, -0.25) is 4.90 Å². The van der Waals surface area contributed by atoms with Gasteiger partial charge in [0.05, 0.1) is 24.4 Å². The van der Waals surface area contributed by atoms with E-state index in [2.05, 4.69) is 15.5 Å². The van der Waals surface area contributed by atoms with E-state index in [1.807, 2.05) is 11.8 Å². The largest absolute Gasteiger partial charge is 0.416 e. The van der Waals surface area contributed by atoms with Crippen LogP contribution in [0.4, 0.5) is 13.2 Å². The van der Waals surface area contributed by atoms with E-state index in [1.165, 1.54) is 16.8 Å². The van der Waals surface area contributed by atoms with Crippen LogP contribution in [0.5, 0.6) is 0 Å². The third-order valence-electron chi connectivity index (χ3n) is 3.38. The van der Waals surface area contributed by atoms with Crippen molar-refractivity contribution in [1.82, 2.24) is 25.1 Å². The molecule has 1 aromatic carbocycles. The van der Waals surface area contributed by atoms with Gasteiger partial charge in [0.2, 0.25) is 0 Å². The summed E-state index contributed by atoms with van der Waals surface area (Å²) in [6.45, 7) is 2.18. The Morgan fingerprint density at radius 3 is 2.45 bits per heavy atom. The second-order valence-corrected chi connectivity index (χ2v) is 5.00. The number of alkyl halides is 3. The lowest BCUT2D eigenvalue weighted by Crippen LogP contribution is -2.32. The molecule has 1 heterocycles. The lowest BCUT2D eigenvalue weighted by molar-refractivity contribution is -0.137. The Hall–Kier alpha value is -2.00. The number of rotatable bonds is 5. The highest BCUT2D eigenvalue weighted by Crippen LogP contribution is 2.29. The molecule has 1 atom stereocenters. The molecule has 0 radical (unpaired) electrons. The molecule has 0 amide bonds. The minimum absolute atomic E-state index is 0.0155. The average Bonchev–Trinajstić information content (AvgIpc) is 2.93. The number of aliphatic hydroxyl groups is 1. The molecule has 2 aromatic rings. The second kappa shape index (κ2) is 6.41. The van der Waals surface area contributed by atoms with Crippen LogP contribution in [0.3, 0.4) is 0 Å². The first-order chi connectivity index (χ1) is 10.3. The number of aliphatic hydroxyl groups excluding tert-OH is 1. The lowest BCUT2D eigenvalue weighted by atomic mass is 10.2. The van der Waals surface area contributed by atoms with E-state index >= 15 is 0 Å². The van der Waals surface area contributed by atoms with Crippen LogP contribution in [0.2, 0.25) is 0 Å². The molecule has 0 aliphatic rings. The molecule has 9 heteroatoms. The summed E-state index contributed by atoms with van der Waals surface area (Å²) in [5.74, 6) is 0.475. The number of hydrogen-bond acceptors (Lipinski definition) is 5. The Bertz CT molecular complexity index is 611. The minimum atomic E-state index is -4.38. The Morgan fingerprint density at radius 2 is 1.91 bits per heavy atom. The second-order valence-electron chi connectivity index (χ2n) is 5.00. The predicted molar refractivity (Wildman–Crippen MR) is 72.2 cm³/mol. The van der Waals surface area contributed by atoms with Crippen LogP contribution < -0.4 is 0 Å². The highest BCUT2D eigenvalue weighted by atomic mass is 19.4. The molecule has 0 fully saturated rings. The molecule has 1 N–H and O–H groups in total. The van der Waals surface area contributed by atoms with Crippen molar-refractivity contribution < 1.29 is 18.3 Å². The smallest absolute Gasteiger partial charge is 0.395 e. The maximum absolute atomic E-state index is 12.6. The number of halogens is 3. The van der Waals surface area contributed by atoms with Gasteiger partial charge in [-0.05, 0) is 48.7 Å². The van der Waals surface area contributed by atoms with Gasteiger partial charge in [-0.1, -0.05) is 0 Å². The first-order valence-corrected chi connectivity index (χ1v) is 6.59. The summed E-state index contributed by atoms with van der Waals surface area (Å²) >= 11 is 0. The minimum Gasteiger partial charge on any atom is -0.395 e. The number of benzene rings is 1. The Morgan fingerprint density at radius 1 is 1.27 bits per heavy atom. The summed E-state index contributed by atoms with van der Waals surface area (Å²) in [6.07, 6.45) is -4.38. The Kier molecular flexibility index (Phi) is 4.77. The van der Waals surface area contributed by atoms with Gasteiger partial charge in [0, 0.05) is 6.04 Å². The van der Waals surface area contributed by atoms with Gasteiger partial charge in [-0.15, -0.1) is 5.10 Å². The SMILES string of the molecule is CC(CO)N(C)Cc1nnnn1-c1ccc(C(F)(F)F)cc1. The molecule has 1 aromatic heterocycles. The predicted octanol–water partition coefficient (Wildman–Crippen LogP) is 1.49. The number of hydrogen-bond donors (Lipinski definition) is 1. The van der Waals surface area contributed by atoms with Crippen molar-refractivity contribution in [3.8, 4) is 5.69 Å².